The lowest BCUT2D eigenvalue weighted by molar-refractivity contribution is -0.139. The number of hydrogen-bond acceptors (Lipinski definition) is 5. The van der Waals surface area contributed by atoms with Crippen LogP contribution in [0.5, 0.6) is 11.5 Å². The summed E-state index contributed by atoms with van der Waals surface area (Å²) in [5, 5.41) is 11.6. The average Bonchev–Trinajstić information content (AvgIpc) is 2.34. The predicted molar refractivity (Wildman–Crippen MR) is 61.3 cm³/mol. The minimum absolute atomic E-state index is 0.299. The van der Waals surface area contributed by atoms with E-state index < -0.39 is 12.0 Å². The average molecular weight is 240 g/mol. The number of aliphatic carboxylic acids is 1. The first-order valence-corrected chi connectivity index (χ1v) is 5.12. The molecule has 1 atom stereocenters. The van der Waals surface area contributed by atoms with Crippen LogP contribution >= 0.6 is 0 Å². The van der Waals surface area contributed by atoms with E-state index in [2.05, 4.69) is 10.3 Å². The highest BCUT2D eigenvalue weighted by Crippen LogP contribution is 2.28. The molecule has 2 N–H and O–H groups in total. The smallest absolute Gasteiger partial charge is 0.320 e. The Balaban J connectivity index is 2.80. The van der Waals surface area contributed by atoms with Crippen molar-refractivity contribution in [1.29, 1.82) is 0 Å². The van der Waals surface area contributed by atoms with Crippen molar-refractivity contribution in [2.45, 2.75) is 19.5 Å². The van der Waals surface area contributed by atoms with E-state index in [0.29, 0.717) is 23.7 Å². The van der Waals surface area contributed by atoms with Crippen LogP contribution in [0.1, 0.15) is 12.6 Å². The summed E-state index contributed by atoms with van der Waals surface area (Å²) in [5.74, 6) is 0.175. The molecule has 6 nitrogen and oxygen atoms in total. The molecular formula is C11H16N2O4. The Kier molecular flexibility index (Phi) is 4.71. The summed E-state index contributed by atoms with van der Waals surface area (Å²) >= 11 is 0. The SMILES string of the molecule is COc1ccnc(CN[C@@H](C)C(=O)O)c1OC. The van der Waals surface area contributed by atoms with Gasteiger partial charge in [0.05, 0.1) is 19.9 Å². The third kappa shape index (κ3) is 3.32. The predicted octanol–water partition coefficient (Wildman–Crippen LogP) is 0.662. The van der Waals surface area contributed by atoms with Crippen LogP contribution in [0.15, 0.2) is 12.3 Å². The van der Waals surface area contributed by atoms with Gasteiger partial charge in [-0.15, -0.1) is 0 Å². The molecule has 0 unspecified atom stereocenters. The Labute approximate surface area is 99.6 Å². The molecule has 0 aliphatic carbocycles. The van der Waals surface area contributed by atoms with Crippen molar-refractivity contribution in [2.75, 3.05) is 14.2 Å². The van der Waals surface area contributed by atoms with Crippen molar-refractivity contribution >= 4 is 5.97 Å². The number of ether oxygens (including phenoxy) is 2. The quantitative estimate of drug-likeness (QED) is 0.760. The Morgan fingerprint density at radius 3 is 2.76 bits per heavy atom. The molecule has 0 radical (unpaired) electrons. The number of hydrogen-bond donors (Lipinski definition) is 2. The second-order valence-corrected chi connectivity index (χ2v) is 3.43. The molecule has 1 aromatic heterocycles. The molecule has 0 saturated heterocycles. The number of aromatic nitrogens is 1. The first-order valence-electron chi connectivity index (χ1n) is 5.12. The number of nitrogens with one attached hydrogen (secondary N) is 1. The van der Waals surface area contributed by atoms with Crippen LogP contribution in [0.2, 0.25) is 0 Å². The number of nitrogens with zero attached hydrogens (tertiary/aromatic N) is 1. The zero-order valence-electron chi connectivity index (χ0n) is 10.1. The van der Waals surface area contributed by atoms with Crippen molar-refractivity contribution in [3.8, 4) is 11.5 Å². The van der Waals surface area contributed by atoms with E-state index in [1.165, 1.54) is 14.2 Å². The molecule has 1 heterocycles. The molecule has 17 heavy (non-hydrogen) atoms. The van der Waals surface area contributed by atoms with Gasteiger partial charge in [0.15, 0.2) is 11.5 Å². The first kappa shape index (κ1) is 13.2. The van der Waals surface area contributed by atoms with Gasteiger partial charge in [-0.2, -0.15) is 0 Å². The Hall–Kier alpha value is -1.82. The van der Waals surface area contributed by atoms with E-state index in [1.807, 2.05) is 0 Å². The van der Waals surface area contributed by atoms with Gasteiger partial charge < -0.3 is 14.6 Å². The topological polar surface area (TPSA) is 80.7 Å². The van der Waals surface area contributed by atoms with Crippen molar-refractivity contribution in [3.05, 3.63) is 18.0 Å². The molecule has 0 aliphatic rings. The molecule has 6 heteroatoms. The van der Waals surface area contributed by atoms with Crippen LogP contribution in [-0.4, -0.2) is 36.3 Å². The van der Waals surface area contributed by atoms with Crippen molar-refractivity contribution in [1.82, 2.24) is 10.3 Å². The minimum Gasteiger partial charge on any atom is -0.493 e. The summed E-state index contributed by atoms with van der Waals surface area (Å²) in [7, 11) is 3.05. The van der Waals surface area contributed by atoms with Crippen molar-refractivity contribution in [2.24, 2.45) is 0 Å². The summed E-state index contributed by atoms with van der Waals surface area (Å²) in [4.78, 5) is 14.8. The maximum Gasteiger partial charge on any atom is 0.320 e. The van der Waals surface area contributed by atoms with Crippen LogP contribution in [0.3, 0.4) is 0 Å². The Bertz CT molecular complexity index is 395. The van der Waals surface area contributed by atoms with E-state index in [4.69, 9.17) is 14.6 Å². The molecule has 0 aromatic carbocycles. The summed E-state index contributed by atoms with van der Waals surface area (Å²) in [6, 6.07) is 1.04. The van der Waals surface area contributed by atoms with E-state index >= 15 is 0 Å². The largest absolute Gasteiger partial charge is 0.493 e. The first-order chi connectivity index (χ1) is 8.10. The minimum atomic E-state index is -0.910. The normalized spacial score (nSPS) is 11.9. The monoisotopic (exact) mass is 240 g/mol. The van der Waals surface area contributed by atoms with Gasteiger partial charge in [-0.25, -0.2) is 0 Å². The van der Waals surface area contributed by atoms with E-state index in [-0.39, 0.29) is 0 Å². The molecule has 94 valence electrons. The lowest BCUT2D eigenvalue weighted by Crippen LogP contribution is -2.33. The molecule has 0 saturated carbocycles. The van der Waals surface area contributed by atoms with Gasteiger partial charge in [0, 0.05) is 18.8 Å². The Morgan fingerprint density at radius 1 is 1.53 bits per heavy atom. The lowest BCUT2D eigenvalue weighted by Gasteiger charge is -2.13. The molecule has 0 fully saturated rings. The van der Waals surface area contributed by atoms with Gasteiger partial charge in [0.25, 0.3) is 0 Å². The fraction of sp³-hybridized carbons (Fsp3) is 0.455. The van der Waals surface area contributed by atoms with Gasteiger partial charge in [-0.3, -0.25) is 15.1 Å². The highest BCUT2D eigenvalue weighted by atomic mass is 16.5. The summed E-state index contributed by atoms with van der Waals surface area (Å²) in [6.07, 6.45) is 1.59. The maximum atomic E-state index is 10.7. The van der Waals surface area contributed by atoms with Crippen molar-refractivity contribution in [3.63, 3.8) is 0 Å². The van der Waals surface area contributed by atoms with Gasteiger partial charge in [0.1, 0.15) is 6.04 Å². The third-order valence-electron chi connectivity index (χ3n) is 2.31. The zero-order chi connectivity index (χ0) is 12.8. The summed E-state index contributed by atoms with van der Waals surface area (Å²) in [5.41, 5.74) is 0.611. The molecule has 0 amide bonds. The fourth-order valence-corrected chi connectivity index (χ4v) is 1.31. The number of pyridine rings is 1. The second kappa shape index (κ2) is 6.05. The molecule has 0 aliphatic heterocycles. The molecule has 0 spiro atoms. The number of rotatable bonds is 6. The molecule has 0 bridgehead atoms. The van der Waals surface area contributed by atoms with E-state index in [0.717, 1.165) is 0 Å². The van der Waals surface area contributed by atoms with Gasteiger partial charge in [0.2, 0.25) is 0 Å². The molecule has 1 aromatic rings. The highest BCUT2D eigenvalue weighted by Gasteiger charge is 2.14. The standard InChI is InChI=1S/C11H16N2O4/c1-7(11(14)15)13-6-8-10(17-3)9(16-2)4-5-12-8/h4-5,7,13H,6H2,1-3H3,(H,14,15)/t7-/m0/s1. The van der Waals surface area contributed by atoms with Crippen LogP contribution < -0.4 is 14.8 Å². The lowest BCUT2D eigenvalue weighted by atomic mass is 10.2. The second-order valence-electron chi connectivity index (χ2n) is 3.43. The van der Waals surface area contributed by atoms with Gasteiger partial charge in [-0.1, -0.05) is 0 Å². The summed E-state index contributed by atoms with van der Waals surface area (Å²) in [6.45, 7) is 1.86. The van der Waals surface area contributed by atoms with Crippen LogP contribution in [0.4, 0.5) is 0 Å². The van der Waals surface area contributed by atoms with Crippen LogP contribution in [-0.2, 0) is 11.3 Å². The Morgan fingerprint density at radius 2 is 2.24 bits per heavy atom. The van der Waals surface area contributed by atoms with E-state index in [1.54, 1.807) is 19.2 Å². The maximum absolute atomic E-state index is 10.7. The van der Waals surface area contributed by atoms with Crippen molar-refractivity contribution < 1.29 is 19.4 Å². The van der Waals surface area contributed by atoms with Gasteiger partial charge >= 0.3 is 5.97 Å². The van der Waals surface area contributed by atoms with Gasteiger partial charge in [-0.05, 0) is 6.92 Å². The number of carboxylic acid groups (broad SMARTS) is 1. The fourth-order valence-electron chi connectivity index (χ4n) is 1.31. The third-order valence-corrected chi connectivity index (χ3v) is 2.31. The number of carboxylic acids is 1. The number of carbonyl (C=O) groups is 1. The van der Waals surface area contributed by atoms with Crippen LogP contribution in [0.25, 0.3) is 0 Å². The molecular weight excluding hydrogens is 224 g/mol. The zero-order valence-corrected chi connectivity index (χ0v) is 10.1. The summed E-state index contributed by atoms with van der Waals surface area (Å²) < 4.78 is 10.3. The highest BCUT2D eigenvalue weighted by molar-refractivity contribution is 5.72. The number of methoxy groups -OCH3 is 2. The molecule has 1 rings (SSSR count). The van der Waals surface area contributed by atoms with Crippen LogP contribution in [0, 0.1) is 0 Å². The van der Waals surface area contributed by atoms with E-state index in [9.17, 15) is 4.79 Å².